The molecule has 4 rings (SSSR count). The van der Waals surface area contributed by atoms with Crippen molar-refractivity contribution in [3.05, 3.63) is 64.6 Å². The number of aliphatic carboxylic acids is 1. The van der Waals surface area contributed by atoms with E-state index in [1.807, 2.05) is 4.90 Å². The number of carboxylic acid groups (broad SMARTS) is 1. The number of ether oxygens (including phenoxy) is 1. The fourth-order valence-electron chi connectivity index (χ4n) is 4.86. The summed E-state index contributed by atoms with van der Waals surface area (Å²) in [5.41, 5.74) is -0.252. The van der Waals surface area contributed by atoms with E-state index in [2.05, 4.69) is 4.98 Å². The molecular formula is C27H27ClF4N2O3S. The second kappa shape index (κ2) is 12.1. The third kappa shape index (κ3) is 6.18. The van der Waals surface area contributed by atoms with Crippen molar-refractivity contribution in [3.63, 3.8) is 0 Å². The maximum absolute atomic E-state index is 15.6. The van der Waals surface area contributed by atoms with E-state index in [4.69, 9.17) is 16.3 Å². The van der Waals surface area contributed by atoms with Gasteiger partial charge in [-0.3, -0.25) is 9.78 Å². The van der Waals surface area contributed by atoms with Crippen molar-refractivity contribution in [2.24, 2.45) is 5.41 Å². The fourth-order valence-corrected chi connectivity index (χ4v) is 6.12. The highest BCUT2D eigenvalue weighted by Crippen LogP contribution is 2.42. The number of carbonyl (C=O) groups is 1. The van der Waals surface area contributed by atoms with Crippen LogP contribution in [0.25, 0.3) is 10.9 Å². The molecule has 0 bridgehead atoms. The summed E-state index contributed by atoms with van der Waals surface area (Å²) in [5, 5.41) is 10.7. The molecule has 1 unspecified atom stereocenters. The first-order chi connectivity index (χ1) is 18.1. The Kier molecular flexibility index (Phi) is 9.05. The highest BCUT2D eigenvalue weighted by molar-refractivity contribution is 7.99. The molecule has 38 heavy (non-hydrogen) atoms. The molecule has 3 aromatic rings. The smallest absolute Gasteiger partial charge is 0.309 e. The van der Waals surface area contributed by atoms with Gasteiger partial charge in [0.2, 0.25) is 0 Å². The fraction of sp³-hybridized carbons (Fsp3) is 0.407. The average molecular weight is 571 g/mol. The summed E-state index contributed by atoms with van der Waals surface area (Å²) in [6, 6.07) is 6.56. The summed E-state index contributed by atoms with van der Waals surface area (Å²) >= 11 is 7.32. The van der Waals surface area contributed by atoms with Crippen molar-refractivity contribution < 1.29 is 32.2 Å². The van der Waals surface area contributed by atoms with Crippen molar-refractivity contribution in [2.45, 2.75) is 36.8 Å². The number of carboxylic acids is 1. The number of piperidine rings is 1. The van der Waals surface area contributed by atoms with Gasteiger partial charge in [-0.2, -0.15) is 0 Å². The zero-order valence-corrected chi connectivity index (χ0v) is 22.2. The molecule has 1 atom stereocenters. The van der Waals surface area contributed by atoms with Gasteiger partial charge in [0.15, 0.2) is 11.6 Å². The van der Waals surface area contributed by atoms with Crippen LogP contribution in [0.3, 0.4) is 0 Å². The SMILES string of the molecule is COc1ccc2ncc(Cl)c(C(F)CCC3(C(=O)O)CCN(CCSc4cc(F)cc(F)c4F)CC3)c2c1. The van der Waals surface area contributed by atoms with Crippen LogP contribution in [0.15, 0.2) is 41.4 Å². The topological polar surface area (TPSA) is 62.7 Å². The number of aromatic nitrogens is 1. The Morgan fingerprint density at radius 1 is 1.24 bits per heavy atom. The lowest BCUT2D eigenvalue weighted by atomic mass is 9.74. The van der Waals surface area contributed by atoms with Gasteiger partial charge in [-0.15, -0.1) is 11.8 Å². The minimum Gasteiger partial charge on any atom is -0.497 e. The summed E-state index contributed by atoms with van der Waals surface area (Å²) in [6.45, 7) is 1.41. The molecule has 1 aliphatic heterocycles. The van der Waals surface area contributed by atoms with Crippen LogP contribution in [-0.4, -0.2) is 53.5 Å². The molecule has 11 heteroatoms. The number of alkyl halides is 1. The van der Waals surface area contributed by atoms with Gasteiger partial charge in [0.1, 0.15) is 17.7 Å². The molecule has 0 radical (unpaired) electrons. The third-order valence-corrected chi connectivity index (χ3v) is 8.45. The van der Waals surface area contributed by atoms with E-state index in [0.717, 1.165) is 17.8 Å². The molecule has 204 valence electrons. The second-order valence-electron chi connectivity index (χ2n) is 9.38. The predicted octanol–water partition coefficient (Wildman–Crippen LogP) is 7.06. The summed E-state index contributed by atoms with van der Waals surface area (Å²) in [7, 11) is 1.51. The summed E-state index contributed by atoms with van der Waals surface area (Å²) in [5.74, 6) is -3.22. The maximum atomic E-state index is 15.6. The molecule has 0 spiro atoms. The number of methoxy groups -OCH3 is 1. The van der Waals surface area contributed by atoms with Crippen molar-refractivity contribution in [1.82, 2.24) is 9.88 Å². The zero-order valence-electron chi connectivity index (χ0n) is 20.7. The second-order valence-corrected chi connectivity index (χ2v) is 10.9. The Balaban J connectivity index is 1.37. The van der Waals surface area contributed by atoms with E-state index in [1.165, 1.54) is 13.3 Å². The molecule has 2 heterocycles. The van der Waals surface area contributed by atoms with E-state index in [9.17, 15) is 23.1 Å². The van der Waals surface area contributed by atoms with Crippen molar-refractivity contribution in [2.75, 3.05) is 32.5 Å². The molecule has 1 N–H and O–H groups in total. The normalized spacial score (nSPS) is 16.5. The number of fused-ring (bicyclic) bond motifs is 1. The monoisotopic (exact) mass is 570 g/mol. The van der Waals surface area contributed by atoms with Crippen LogP contribution in [0.1, 0.15) is 37.4 Å². The molecule has 0 saturated carbocycles. The number of rotatable bonds is 10. The van der Waals surface area contributed by atoms with Gasteiger partial charge >= 0.3 is 5.97 Å². The number of pyridine rings is 1. The van der Waals surface area contributed by atoms with Crippen LogP contribution in [0.5, 0.6) is 5.75 Å². The van der Waals surface area contributed by atoms with Gasteiger partial charge in [0.05, 0.1) is 23.1 Å². The van der Waals surface area contributed by atoms with Gasteiger partial charge in [0, 0.05) is 40.4 Å². The molecule has 1 saturated heterocycles. The van der Waals surface area contributed by atoms with Crippen LogP contribution in [0.2, 0.25) is 5.02 Å². The van der Waals surface area contributed by atoms with Crippen LogP contribution in [-0.2, 0) is 4.79 Å². The molecule has 5 nitrogen and oxygen atoms in total. The maximum Gasteiger partial charge on any atom is 0.309 e. The van der Waals surface area contributed by atoms with Gasteiger partial charge in [-0.25, -0.2) is 17.6 Å². The third-order valence-electron chi connectivity index (χ3n) is 7.15. The number of benzene rings is 2. The molecule has 1 aliphatic rings. The van der Waals surface area contributed by atoms with Gasteiger partial charge in [0.25, 0.3) is 0 Å². The minimum absolute atomic E-state index is 0.0252. The first-order valence-corrected chi connectivity index (χ1v) is 13.5. The van der Waals surface area contributed by atoms with E-state index < -0.39 is 35.0 Å². The molecule has 0 amide bonds. The Hall–Kier alpha value is -2.56. The lowest BCUT2D eigenvalue weighted by molar-refractivity contribution is -0.153. The number of nitrogens with zero attached hydrogens (tertiary/aromatic N) is 2. The number of halogens is 5. The largest absolute Gasteiger partial charge is 0.497 e. The first kappa shape index (κ1) is 28.4. The van der Waals surface area contributed by atoms with Gasteiger partial charge in [-0.05, 0) is 63.0 Å². The van der Waals surface area contributed by atoms with E-state index in [0.29, 0.717) is 60.9 Å². The first-order valence-electron chi connectivity index (χ1n) is 12.1. The van der Waals surface area contributed by atoms with E-state index >= 15 is 4.39 Å². The summed E-state index contributed by atoms with van der Waals surface area (Å²) in [6.07, 6.45) is 0.647. The predicted molar refractivity (Wildman–Crippen MR) is 139 cm³/mol. The standard InChI is InChI=1S/C27H27ClF4N2O3S/c1-37-17-2-3-22-18(14-17)24(19(28)15-33-22)20(30)4-5-27(26(35)36)6-8-34(9-7-27)10-11-38-23-13-16(29)12-21(31)25(23)32/h2-3,12-15,20H,4-11H2,1H3,(H,35,36). The quantitative estimate of drug-likeness (QED) is 0.160. The lowest BCUT2D eigenvalue weighted by Gasteiger charge is -2.39. The minimum atomic E-state index is -1.49. The molecule has 1 aromatic heterocycles. The lowest BCUT2D eigenvalue weighted by Crippen LogP contribution is -2.45. The molecule has 2 aromatic carbocycles. The number of thioether (sulfide) groups is 1. The summed E-state index contributed by atoms with van der Waals surface area (Å²) < 4.78 is 61.5. The highest BCUT2D eigenvalue weighted by Gasteiger charge is 2.41. The Morgan fingerprint density at radius 3 is 2.66 bits per heavy atom. The summed E-state index contributed by atoms with van der Waals surface area (Å²) in [4.78, 5) is 18.4. The van der Waals surface area contributed by atoms with Crippen LogP contribution < -0.4 is 4.74 Å². The molecule has 0 aliphatic carbocycles. The van der Waals surface area contributed by atoms with Crippen LogP contribution >= 0.6 is 23.4 Å². The van der Waals surface area contributed by atoms with Crippen LogP contribution in [0, 0.1) is 22.9 Å². The van der Waals surface area contributed by atoms with E-state index in [-0.39, 0.29) is 28.3 Å². The van der Waals surface area contributed by atoms with E-state index in [1.54, 1.807) is 18.2 Å². The van der Waals surface area contributed by atoms with Crippen molar-refractivity contribution in [3.8, 4) is 5.75 Å². The zero-order chi connectivity index (χ0) is 27.4. The average Bonchev–Trinajstić information content (AvgIpc) is 2.90. The van der Waals surface area contributed by atoms with Crippen LogP contribution in [0.4, 0.5) is 17.6 Å². The molecule has 1 fully saturated rings. The Labute approximate surface area is 227 Å². The number of hydrogen-bond acceptors (Lipinski definition) is 5. The number of hydrogen-bond donors (Lipinski definition) is 1. The van der Waals surface area contributed by atoms with Crippen molar-refractivity contribution >= 4 is 40.2 Å². The Bertz CT molecular complexity index is 1320. The highest BCUT2D eigenvalue weighted by atomic mass is 35.5. The van der Waals surface area contributed by atoms with Gasteiger partial charge < -0.3 is 14.7 Å². The van der Waals surface area contributed by atoms with Gasteiger partial charge in [-0.1, -0.05) is 11.6 Å². The Morgan fingerprint density at radius 2 is 1.97 bits per heavy atom. The van der Waals surface area contributed by atoms with Crippen molar-refractivity contribution in [1.29, 1.82) is 0 Å². The number of likely N-dealkylation sites (tertiary alicyclic amines) is 1. The molecular weight excluding hydrogens is 544 g/mol.